The van der Waals surface area contributed by atoms with Gasteiger partial charge < -0.3 is 15.4 Å². The Labute approximate surface area is 97.5 Å². The minimum atomic E-state index is -0.330. The van der Waals surface area contributed by atoms with Crippen LogP contribution in [0, 0.1) is 5.82 Å². The Morgan fingerprint density at radius 3 is 3.00 bits per heavy atom. The van der Waals surface area contributed by atoms with Crippen molar-refractivity contribution in [2.75, 3.05) is 13.2 Å². The Hall–Kier alpha value is -1.88. The average molecular weight is 236 g/mol. The highest BCUT2D eigenvalue weighted by molar-refractivity contribution is 5.97. The van der Waals surface area contributed by atoms with Crippen LogP contribution in [0.5, 0.6) is 0 Å². The van der Waals surface area contributed by atoms with Crippen LogP contribution in [-0.2, 0) is 0 Å². The first-order chi connectivity index (χ1) is 8.20. The lowest BCUT2D eigenvalue weighted by atomic mass is 10.2. The average Bonchev–Trinajstić information content (AvgIpc) is 2.72. The number of aromatic amines is 1. The summed E-state index contributed by atoms with van der Waals surface area (Å²) in [6.45, 7) is 0.456. The van der Waals surface area contributed by atoms with Gasteiger partial charge in [0.25, 0.3) is 5.91 Å². The highest BCUT2D eigenvalue weighted by atomic mass is 19.1. The van der Waals surface area contributed by atoms with Crippen LogP contribution in [0.1, 0.15) is 16.9 Å². The fraction of sp³-hybridized carbons (Fsp3) is 0.250. The fourth-order valence-corrected chi connectivity index (χ4v) is 1.60. The number of aliphatic hydroxyl groups excluding tert-OH is 1. The first-order valence-electron chi connectivity index (χ1n) is 5.38. The molecule has 1 aromatic carbocycles. The number of carbonyl (C=O) groups excluding carboxylic acids is 1. The van der Waals surface area contributed by atoms with E-state index < -0.39 is 0 Å². The monoisotopic (exact) mass is 236 g/mol. The summed E-state index contributed by atoms with van der Waals surface area (Å²) < 4.78 is 13.0. The van der Waals surface area contributed by atoms with E-state index in [9.17, 15) is 9.18 Å². The summed E-state index contributed by atoms with van der Waals surface area (Å²) in [5, 5.41) is 11.9. The van der Waals surface area contributed by atoms with E-state index in [4.69, 9.17) is 5.11 Å². The van der Waals surface area contributed by atoms with E-state index in [1.165, 1.54) is 12.1 Å². The van der Waals surface area contributed by atoms with Crippen molar-refractivity contribution in [3.63, 3.8) is 0 Å². The fourth-order valence-electron chi connectivity index (χ4n) is 1.60. The molecular formula is C12H13FN2O2. The van der Waals surface area contributed by atoms with Gasteiger partial charge in [-0.05, 0) is 30.7 Å². The molecule has 0 bridgehead atoms. The van der Waals surface area contributed by atoms with E-state index in [1.807, 2.05) is 0 Å². The van der Waals surface area contributed by atoms with Crippen molar-refractivity contribution >= 4 is 16.8 Å². The number of halogens is 1. The number of carbonyl (C=O) groups is 1. The number of aromatic nitrogens is 1. The van der Waals surface area contributed by atoms with Crippen LogP contribution in [0.2, 0.25) is 0 Å². The number of aliphatic hydroxyl groups is 1. The van der Waals surface area contributed by atoms with E-state index >= 15 is 0 Å². The molecule has 0 saturated carbocycles. The van der Waals surface area contributed by atoms with Crippen LogP contribution in [0.4, 0.5) is 4.39 Å². The Morgan fingerprint density at radius 2 is 2.24 bits per heavy atom. The lowest BCUT2D eigenvalue weighted by Gasteiger charge is -2.00. The molecule has 1 aromatic heterocycles. The molecule has 5 heteroatoms. The van der Waals surface area contributed by atoms with Gasteiger partial charge in [0.2, 0.25) is 0 Å². The Morgan fingerprint density at radius 1 is 1.41 bits per heavy atom. The molecule has 0 atom stereocenters. The first-order valence-corrected chi connectivity index (χ1v) is 5.38. The molecule has 2 rings (SSSR count). The molecule has 0 radical (unpaired) electrons. The van der Waals surface area contributed by atoms with Gasteiger partial charge in [-0.15, -0.1) is 0 Å². The predicted octanol–water partition coefficient (Wildman–Crippen LogP) is 1.42. The molecular weight excluding hydrogens is 223 g/mol. The number of amides is 1. The maximum absolute atomic E-state index is 13.0. The van der Waals surface area contributed by atoms with Crippen molar-refractivity contribution in [3.8, 4) is 0 Å². The van der Waals surface area contributed by atoms with Gasteiger partial charge in [-0.3, -0.25) is 4.79 Å². The Kier molecular flexibility index (Phi) is 3.39. The van der Waals surface area contributed by atoms with E-state index in [2.05, 4.69) is 10.3 Å². The van der Waals surface area contributed by atoms with Gasteiger partial charge >= 0.3 is 0 Å². The van der Waals surface area contributed by atoms with Gasteiger partial charge in [-0.25, -0.2) is 4.39 Å². The highest BCUT2D eigenvalue weighted by Crippen LogP contribution is 2.16. The SMILES string of the molecule is O=C(NCCCO)c1cc2cc(F)ccc2[nH]1. The van der Waals surface area contributed by atoms with Crippen LogP contribution < -0.4 is 5.32 Å². The smallest absolute Gasteiger partial charge is 0.267 e. The van der Waals surface area contributed by atoms with Gasteiger partial charge in [0.1, 0.15) is 11.5 Å². The minimum Gasteiger partial charge on any atom is -0.396 e. The highest BCUT2D eigenvalue weighted by Gasteiger charge is 2.08. The van der Waals surface area contributed by atoms with E-state index in [-0.39, 0.29) is 18.3 Å². The van der Waals surface area contributed by atoms with Crippen LogP contribution >= 0.6 is 0 Å². The predicted molar refractivity (Wildman–Crippen MR) is 62.3 cm³/mol. The second-order valence-electron chi connectivity index (χ2n) is 3.75. The normalized spacial score (nSPS) is 10.7. The molecule has 3 N–H and O–H groups in total. The van der Waals surface area contributed by atoms with Gasteiger partial charge in [0, 0.05) is 24.1 Å². The summed E-state index contributed by atoms with van der Waals surface area (Å²) in [5.41, 5.74) is 1.11. The molecule has 0 aliphatic heterocycles. The quantitative estimate of drug-likeness (QED) is 0.703. The number of hydrogen-bond donors (Lipinski definition) is 3. The summed E-state index contributed by atoms with van der Waals surface area (Å²) in [6, 6.07) is 5.91. The maximum Gasteiger partial charge on any atom is 0.267 e. The van der Waals surface area contributed by atoms with Crippen molar-refractivity contribution < 1.29 is 14.3 Å². The zero-order valence-corrected chi connectivity index (χ0v) is 9.16. The Bertz CT molecular complexity index is 536. The molecule has 2 aromatic rings. The standard InChI is InChI=1S/C12H13FN2O2/c13-9-2-3-10-8(6-9)7-11(15-10)12(17)14-4-1-5-16/h2-3,6-7,15-16H,1,4-5H2,(H,14,17). The summed E-state index contributed by atoms with van der Waals surface area (Å²) >= 11 is 0. The molecule has 17 heavy (non-hydrogen) atoms. The molecule has 1 heterocycles. The number of fused-ring (bicyclic) bond motifs is 1. The topological polar surface area (TPSA) is 65.1 Å². The van der Waals surface area contributed by atoms with Crippen molar-refractivity contribution in [2.24, 2.45) is 0 Å². The number of hydrogen-bond acceptors (Lipinski definition) is 2. The maximum atomic E-state index is 13.0. The van der Waals surface area contributed by atoms with Gasteiger partial charge in [-0.1, -0.05) is 0 Å². The summed E-state index contributed by atoms with van der Waals surface area (Å²) in [4.78, 5) is 14.6. The summed E-state index contributed by atoms with van der Waals surface area (Å²) in [6.07, 6.45) is 0.514. The van der Waals surface area contributed by atoms with Crippen molar-refractivity contribution in [3.05, 3.63) is 35.8 Å². The van der Waals surface area contributed by atoms with Crippen LogP contribution in [0.3, 0.4) is 0 Å². The number of rotatable bonds is 4. The molecule has 0 aliphatic carbocycles. The molecule has 1 amide bonds. The summed E-state index contributed by atoms with van der Waals surface area (Å²) in [7, 11) is 0. The largest absolute Gasteiger partial charge is 0.396 e. The molecule has 0 saturated heterocycles. The van der Waals surface area contributed by atoms with Crippen molar-refractivity contribution in [2.45, 2.75) is 6.42 Å². The number of nitrogens with one attached hydrogen (secondary N) is 2. The van der Waals surface area contributed by atoms with Crippen LogP contribution in [0.25, 0.3) is 10.9 Å². The third-order valence-corrected chi connectivity index (χ3v) is 2.45. The van der Waals surface area contributed by atoms with Crippen LogP contribution in [-0.4, -0.2) is 29.1 Å². The van der Waals surface area contributed by atoms with E-state index in [0.29, 0.717) is 24.0 Å². The van der Waals surface area contributed by atoms with E-state index in [0.717, 1.165) is 5.52 Å². The second-order valence-corrected chi connectivity index (χ2v) is 3.75. The molecule has 0 spiro atoms. The van der Waals surface area contributed by atoms with Gasteiger partial charge in [0.05, 0.1) is 0 Å². The third-order valence-electron chi connectivity index (χ3n) is 2.45. The lowest BCUT2D eigenvalue weighted by Crippen LogP contribution is -2.25. The number of H-pyrrole nitrogens is 1. The minimum absolute atomic E-state index is 0.0399. The zero-order valence-electron chi connectivity index (χ0n) is 9.16. The lowest BCUT2D eigenvalue weighted by molar-refractivity contribution is 0.0947. The molecule has 90 valence electrons. The molecule has 0 aliphatic rings. The molecule has 0 unspecified atom stereocenters. The first kappa shape index (κ1) is 11.6. The van der Waals surface area contributed by atoms with Gasteiger partial charge in [-0.2, -0.15) is 0 Å². The number of benzene rings is 1. The van der Waals surface area contributed by atoms with Gasteiger partial charge in [0.15, 0.2) is 0 Å². The van der Waals surface area contributed by atoms with Crippen molar-refractivity contribution in [1.82, 2.24) is 10.3 Å². The van der Waals surface area contributed by atoms with E-state index in [1.54, 1.807) is 12.1 Å². The Balaban J connectivity index is 2.15. The molecule has 0 fully saturated rings. The molecule has 4 nitrogen and oxygen atoms in total. The van der Waals surface area contributed by atoms with Crippen LogP contribution in [0.15, 0.2) is 24.3 Å². The zero-order chi connectivity index (χ0) is 12.3. The van der Waals surface area contributed by atoms with Crippen molar-refractivity contribution in [1.29, 1.82) is 0 Å². The second kappa shape index (κ2) is 4.97. The summed E-state index contributed by atoms with van der Waals surface area (Å²) in [5.74, 6) is -0.584. The third kappa shape index (κ3) is 2.62.